The van der Waals surface area contributed by atoms with Gasteiger partial charge in [-0.3, -0.25) is 4.40 Å². The molecule has 140 valence electrons. The van der Waals surface area contributed by atoms with Crippen molar-refractivity contribution >= 4 is 46.6 Å². The monoisotopic (exact) mass is 419 g/mol. The molecule has 0 spiro atoms. The number of nitrogens with one attached hydrogen (secondary N) is 1. The smallest absolute Gasteiger partial charge is 0.211 e. The maximum atomic E-state index is 6.35. The number of anilines is 1. The maximum absolute atomic E-state index is 6.35. The molecule has 27 heavy (non-hydrogen) atoms. The minimum absolute atomic E-state index is 0.554. The van der Waals surface area contributed by atoms with E-state index in [1.165, 1.54) is 0 Å². The van der Waals surface area contributed by atoms with Crippen molar-refractivity contribution in [3.05, 3.63) is 46.8 Å². The molecule has 5 nitrogen and oxygen atoms in total. The number of hydrogen-bond donors (Lipinski definition) is 1. The predicted octanol–water partition coefficient (Wildman–Crippen LogP) is 4.09. The van der Waals surface area contributed by atoms with Gasteiger partial charge in [-0.1, -0.05) is 41.0 Å². The number of fused-ring (bicyclic) bond motifs is 2. The first-order valence-corrected chi connectivity index (χ1v) is 10.6. The molecular formula is C19H19Cl2N5S. The molecule has 5 rings (SSSR count). The minimum atomic E-state index is 0.554. The normalized spacial score (nSPS) is 23.8. The molecule has 1 saturated heterocycles. The quantitative estimate of drug-likeness (QED) is 0.674. The summed E-state index contributed by atoms with van der Waals surface area (Å²) in [6, 6.07) is 5.65. The lowest BCUT2D eigenvalue weighted by atomic mass is 10.2. The van der Waals surface area contributed by atoms with Crippen molar-refractivity contribution in [1.29, 1.82) is 0 Å². The van der Waals surface area contributed by atoms with Gasteiger partial charge in [0, 0.05) is 36.6 Å². The Labute approximate surface area is 172 Å². The summed E-state index contributed by atoms with van der Waals surface area (Å²) in [6.45, 7) is 3.26. The molecule has 0 bridgehead atoms. The summed E-state index contributed by atoms with van der Waals surface area (Å²) in [7, 11) is 2.03. The number of rotatable bonds is 5. The van der Waals surface area contributed by atoms with Crippen LogP contribution in [0, 0.1) is 17.8 Å². The zero-order chi connectivity index (χ0) is 18.5. The molecule has 2 aliphatic rings. The van der Waals surface area contributed by atoms with Crippen molar-refractivity contribution < 1.29 is 0 Å². The number of imidazole rings is 1. The first kappa shape index (κ1) is 17.6. The van der Waals surface area contributed by atoms with Crippen LogP contribution in [0.15, 0.2) is 46.6 Å². The van der Waals surface area contributed by atoms with Crippen LogP contribution in [-0.4, -0.2) is 41.1 Å². The highest BCUT2D eigenvalue weighted by molar-refractivity contribution is 7.99. The van der Waals surface area contributed by atoms with Gasteiger partial charge in [-0.05, 0) is 43.5 Å². The highest BCUT2D eigenvalue weighted by Gasteiger charge is 2.55. The van der Waals surface area contributed by atoms with Crippen molar-refractivity contribution in [1.82, 2.24) is 19.7 Å². The van der Waals surface area contributed by atoms with Gasteiger partial charge in [-0.25, -0.2) is 9.97 Å². The summed E-state index contributed by atoms with van der Waals surface area (Å²) < 4.78 is 2.08. The molecule has 2 fully saturated rings. The molecule has 1 aliphatic heterocycles. The van der Waals surface area contributed by atoms with E-state index in [0.29, 0.717) is 10.0 Å². The summed E-state index contributed by atoms with van der Waals surface area (Å²) in [5.74, 6) is 3.37. The maximum Gasteiger partial charge on any atom is 0.211 e. The first-order valence-electron chi connectivity index (χ1n) is 9.01. The molecule has 3 heterocycles. The number of piperidine rings is 1. The van der Waals surface area contributed by atoms with Crippen LogP contribution in [0.25, 0.3) is 5.65 Å². The van der Waals surface area contributed by atoms with Gasteiger partial charge >= 0.3 is 0 Å². The zero-order valence-corrected chi connectivity index (χ0v) is 17.1. The lowest BCUT2D eigenvalue weighted by Gasteiger charge is -2.22. The van der Waals surface area contributed by atoms with Crippen LogP contribution in [0.1, 0.15) is 0 Å². The lowest BCUT2D eigenvalue weighted by molar-refractivity contribution is 0.591. The highest BCUT2D eigenvalue weighted by atomic mass is 35.5. The molecule has 3 atom stereocenters. The Bertz CT molecular complexity index is 995. The second kappa shape index (κ2) is 6.85. The largest absolute Gasteiger partial charge is 0.341 e. The average Bonchev–Trinajstić information content (AvgIpc) is 3.08. The summed E-state index contributed by atoms with van der Waals surface area (Å²) in [5, 5.41) is 4.42. The van der Waals surface area contributed by atoms with Crippen LogP contribution in [0.4, 0.5) is 5.95 Å². The van der Waals surface area contributed by atoms with Crippen molar-refractivity contribution in [2.45, 2.75) is 9.79 Å². The third-order valence-electron chi connectivity index (χ3n) is 5.60. The molecule has 1 aliphatic carbocycles. The van der Waals surface area contributed by atoms with Crippen LogP contribution in [0.3, 0.4) is 0 Å². The van der Waals surface area contributed by atoms with Crippen LogP contribution in [0.2, 0.25) is 10.0 Å². The first-order chi connectivity index (χ1) is 13.2. The molecule has 0 radical (unpaired) electrons. The van der Waals surface area contributed by atoms with Gasteiger partial charge in [-0.15, -0.1) is 0 Å². The average molecular weight is 420 g/mol. The molecule has 3 aromatic rings. The van der Waals surface area contributed by atoms with Gasteiger partial charge in [0.05, 0.1) is 14.9 Å². The fraction of sp³-hybridized carbons (Fsp3) is 0.368. The Hall–Kier alpha value is -1.47. The predicted molar refractivity (Wildman–Crippen MR) is 110 cm³/mol. The summed E-state index contributed by atoms with van der Waals surface area (Å²) >= 11 is 14.0. The molecule has 2 aromatic heterocycles. The molecule has 1 aromatic carbocycles. The van der Waals surface area contributed by atoms with Crippen molar-refractivity contribution in [3.8, 4) is 0 Å². The molecule has 0 amide bonds. The summed E-state index contributed by atoms with van der Waals surface area (Å²) in [6.07, 6.45) is 5.70. The van der Waals surface area contributed by atoms with Crippen LogP contribution in [0.5, 0.6) is 0 Å². The third kappa shape index (κ3) is 2.99. The van der Waals surface area contributed by atoms with Crippen molar-refractivity contribution in [3.63, 3.8) is 0 Å². The highest BCUT2D eigenvalue weighted by Crippen LogP contribution is 2.52. The Morgan fingerprint density at radius 2 is 2.00 bits per heavy atom. The van der Waals surface area contributed by atoms with E-state index in [2.05, 4.69) is 19.6 Å². The van der Waals surface area contributed by atoms with E-state index in [1.54, 1.807) is 17.8 Å². The van der Waals surface area contributed by atoms with E-state index < -0.39 is 0 Å². The van der Waals surface area contributed by atoms with E-state index in [9.17, 15) is 0 Å². The second-order valence-corrected chi connectivity index (χ2v) is 9.02. The van der Waals surface area contributed by atoms with E-state index in [0.717, 1.165) is 58.8 Å². The minimum Gasteiger partial charge on any atom is -0.341 e. The lowest BCUT2D eigenvalue weighted by Crippen LogP contribution is -2.29. The van der Waals surface area contributed by atoms with Crippen LogP contribution >= 0.6 is 35.0 Å². The topological polar surface area (TPSA) is 45.5 Å². The standard InChI is InChI=1S/C19H19Cl2N5S/c1-22-7-11-12-9-25(10-13(11)12)19-24-8-16(18-23-5-6-26(18)19)27-15-4-2-3-14(20)17(15)21/h2-6,8,11-13,22H,7,9-10H2,1H3/t11?,12-,13+. The summed E-state index contributed by atoms with van der Waals surface area (Å²) in [4.78, 5) is 13.6. The molecule has 1 N–H and O–H groups in total. The van der Waals surface area contributed by atoms with Gasteiger partial charge in [-0.2, -0.15) is 0 Å². The Morgan fingerprint density at radius 1 is 1.19 bits per heavy atom. The SMILES string of the molecule is CNCC1[C@H]2CN(c3ncc(Sc4cccc(Cl)c4Cl)c4nccn34)C[C@@H]12. The fourth-order valence-electron chi connectivity index (χ4n) is 4.22. The zero-order valence-electron chi connectivity index (χ0n) is 14.8. The molecule has 1 unspecified atom stereocenters. The van der Waals surface area contributed by atoms with E-state index >= 15 is 0 Å². The van der Waals surface area contributed by atoms with Gasteiger partial charge in [0.1, 0.15) is 0 Å². The van der Waals surface area contributed by atoms with E-state index in [-0.39, 0.29) is 0 Å². The fourth-order valence-corrected chi connectivity index (χ4v) is 5.63. The third-order valence-corrected chi connectivity index (χ3v) is 7.60. The van der Waals surface area contributed by atoms with E-state index in [1.807, 2.05) is 37.8 Å². The Morgan fingerprint density at radius 3 is 2.78 bits per heavy atom. The van der Waals surface area contributed by atoms with Crippen LogP contribution in [-0.2, 0) is 0 Å². The van der Waals surface area contributed by atoms with Crippen molar-refractivity contribution in [2.24, 2.45) is 17.8 Å². The van der Waals surface area contributed by atoms with Gasteiger partial charge in [0.25, 0.3) is 0 Å². The van der Waals surface area contributed by atoms with Gasteiger partial charge in [0.15, 0.2) is 5.65 Å². The number of benzene rings is 1. The molecular weight excluding hydrogens is 401 g/mol. The Kier molecular flexibility index (Phi) is 4.47. The van der Waals surface area contributed by atoms with Crippen molar-refractivity contribution in [2.75, 3.05) is 31.6 Å². The molecule has 1 saturated carbocycles. The number of aromatic nitrogens is 3. The Balaban J connectivity index is 1.42. The number of hydrogen-bond acceptors (Lipinski definition) is 5. The number of nitrogens with zero attached hydrogens (tertiary/aromatic N) is 4. The molecule has 8 heteroatoms. The number of halogens is 2. The van der Waals surface area contributed by atoms with Gasteiger partial charge < -0.3 is 10.2 Å². The second-order valence-electron chi connectivity index (χ2n) is 7.15. The van der Waals surface area contributed by atoms with Gasteiger partial charge in [0.2, 0.25) is 5.95 Å². The summed E-state index contributed by atoms with van der Waals surface area (Å²) in [5.41, 5.74) is 0.897. The van der Waals surface area contributed by atoms with E-state index in [4.69, 9.17) is 28.2 Å². The van der Waals surface area contributed by atoms with Crippen LogP contribution < -0.4 is 10.2 Å².